The van der Waals surface area contributed by atoms with Crippen molar-refractivity contribution in [2.75, 3.05) is 31.6 Å². The van der Waals surface area contributed by atoms with Crippen LogP contribution in [0.15, 0.2) is 12.4 Å². The van der Waals surface area contributed by atoms with Gasteiger partial charge in [0.05, 0.1) is 6.61 Å². The summed E-state index contributed by atoms with van der Waals surface area (Å²) in [6.45, 7) is 4.90. The third kappa shape index (κ3) is 4.14. The molecule has 0 aromatic carbocycles. The molecule has 0 radical (unpaired) electrons. The van der Waals surface area contributed by atoms with Gasteiger partial charge in [-0.15, -0.1) is 0 Å². The van der Waals surface area contributed by atoms with Crippen molar-refractivity contribution >= 4 is 11.7 Å². The zero-order valence-electron chi connectivity index (χ0n) is 14.2. The minimum atomic E-state index is -0.219. The van der Waals surface area contributed by atoms with Crippen LogP contribution < -0.4 is 10.1 Å². The Morgan fingerprint density at radius 2 is 2.12 bits per heavy atom. The second kappa shape index (κ2) is 8.28. The van der Waals surface area contributed by atoms with Gasteiger partial charge >= 0.3 is 0 Å². The zero-order valence-corrected chi connectivity index (χ0v) is 14.2. The summed E-state index contributed by atoms with van der Waals surface area (Å²) in [6.07, 6.45) is 7.64. The summed E-state index contributed by atoms with van der Waals surface area (Å²) in [7, 11) is 0. The third-order valence-electron chi connectivity index (χ3n) is 4.46. The molecule has 1 atom stereocenters. The highest BCUT2D eigenvalue weighted by Gasteiger charge is 2.31. The van der Waals surface area contributed by atoms with E-state index in [1.165, 1.54) is 0 Å². The van der Waals surface area contributed by atoms with Crippen LogP contribution >= 0.6 is 0 Å². The Balaban J connectivity index is 1.51. The van der Waals surface area contributed by atoms with E-state index in [0.29, 0.717) is 24.9 Å². The first kappa shape index (κ1) is 17.0. The van der Waals surface area contributed by atoms with Gasteiger partial charge in [0.1, 0.15) is 6.10 Å². The number of likely N-dealkylation sites (tertiary alicyclic amines) is 1. The number of nitrogens with zero attached hydrogens (tertiary/aromatic N) is 3. The summed E-state index contributed by atoms with van der Waals surface area (Å²) in [4.78, 5) is 22.9. The van der Waals surface area contributed by atoms with Gasteiger partial charge in [-0.1, -0.05) is 6.92 Å². The molecule has 1 amide bonds. The Hall–Kier alpha value is -1.89. The monoisotopic (exact) mass is 334 g/mol. The normalized spacial score (nSPS) is 21.7. The zero-order chi connectivity index (χ0) is 16.8. The van der Waals surface area contributed by atoms with Crippen molar-refractivity contribution in [2.24, 2.45) is 0 Å². The Bertz CT molecular complexity index is 540. The van der Waals surface area contributed by atoms with Crippen molar-refractivity contribution in [1.29, 1.82) is 0 Å². The number of rotatable bonds is 6. The van der Waals surface area contributed by atoms with E-state index in [9.17, 15) is 4.79 Å². The van der Waals surface area contributed by atoms with E-state index < -0.39 is 0 Å². The van der Waals surface area contributed by atoms with Crippen molar-refractivity contribution in [3.05, 3.63) is 12.4 Å². The number of anilines is 1. The second-order valence-electron chi connectivity index (χ2n) is 6.30. The van der Waals surface area contributed by atoms with E-state index >= 15 is 0 Å². The second-order valence-corrected chi connectivity index (χ2v) is 6.30. The summed E-state index contributed by atoms with van der Waals surface area (Å²) in [5.74, 6) is 1.39. The standard InChI is InChI=1S/C17H26N4O3/c1-2-11-24-16-15(18-7-8-19-16)20-13-5-9-21(10-6-13)17(22)14-4-3-12-23-14/h7-8,13-14H,2-6,9-12H2,1H3,(H,18,20). The highest BCUT2D eigenvalue weighted by Crippen LogP contribution is 2.23. The summed E-state index contributed by atoms with van der Waals surface area (Å²) < 4.78 is 11.1. The van der Waals surface area contributed by atoms with Crippen LogP contribution in [0.3, 0.4) is 0 Å². The summed E-state index contributed by atoms with van der Waals surface area (Å²) >= 11 is 0. The van der Waals surface area contributed by atoms with Gasteiger partial charge in [-0.3, -0.25) is 4.79 Å². The van der Waals surface area contributed by atoms with Gasteiger partial charge in [0, 0.05) is 38.1 Å². The largest absolute Gasteiger partial charge is 0.475 e. The first-order valence-corrected chi connectivity index (χ1v) is 8.88. The molecule has 2 aliphatic heterocycles. The average molecular weight is 334 g/mol. The van der Waals surface area contributed by atoms with Crippen LogP contribution in [0.5, 0.6) is 5.88 Å². The fourth-order valence-corrected chi connectivity index (χ4v) is 3.14. The van der Waals surface area contributed by atoms with Crippen molar-refractivity contribution in [3.63, 3.8) is 0 Å². The maximum atomic E-state index is 12.4. The summed E-state index contributed by atoms with van der Waals surface area (Å²) in [5, 5.41) is 3.42. The van der Waals surface area contributed by atoms with Crippen LogP contribution in [-0.4, -0.2) is 59.2 Å². The predicted octanol–water partition coefficient (Wildman–Crippen LogP) is 1.85. The summed E-state index contributed by atoms with van der Waals surface area (Å²) in [6, 6.07) is 0.277. The van der Waals surface area contributed by atoms with Gasteiger partial charge < -0.3 is 19.7 Å². The molecule has 0 aliphatic carbocycles. The van der Waals surface area contributed by atoms with Gasteiger partial charge in [-0.05, 0) is 32.1 Å². The molecular formula is C17H26N4O3. The van der Waals surface area contributed by atoms with Crippen molar-refractivity contribution in [1.82, 2.24) is 14.9 Å². The van der Waals surface area contributed by atoms with E-state index in [4.69, 9.17) is 9.47 Å². The van der Waals surface area contributed by atoms with E-state index in [1.54, 1.807) is 12.4 Å². The number of carbonyl (C=O) groups is 1. The van der Waals surface area contributed by atoms with Crippen LogP contribution in [0.4, 0.5) is 5.82 Å². The van der Waals surface area contributed by atoms with Gasteiger partial charge in [-0.25, -0.2) is 9.97 Å². The highest BCUT2D eigenvalue weighted by atomic mass is 16.5. The van der Waals surface area contributed by atoms with Gasteiger partial charge in [0.25, 0.3) is 11.8 Å². The first-order valence-electron chi connectivity index (χ1n) is 8.88. The number of hydrogen-bond acceptors (Lipinski definition) is 6. The first-order chi connectivity index (χ1) is 11.8. The van der Waals surface area contributed by atoms with Crippen LogP contribution in [-0.2, 0) is 9.53 Å². The van der Waals surface area contributed by atoms with E-state index in [1.807, 2.05) is 4.90 Å². The molecule has 0 bridgehead atoms. The van der Waals surface area contributed by atoms with Gasteiger partial charge in [0.2, 0.25) is 0 Å². The lowest BCUT2D eigenvalue weighted by molar-refractivity contribution is -0.141. The maximum Gasteiger partial charge on any atom is 0.257 e. The lowest BCUT2D eigenvalue weighted by atomic mass is 10.0. The molecule has 3 rings (SSSR count). The molecule has 7 nitrogen and oxygen atoms in total. The third-order valence-corrected chi connectivity index (χ3v) is 4.46. The molecule has 3 heterocycles. The predicted molar refractivity (Wildman–Crippen MR) is 90.0 cm³/mol. The minimum Gasteiger partial charge on any atom is -0.475 e. The van der Waals surface area contributed by atoms with Crippen molar-refractivity contribution in [2.45, 2.75) is 51.2 Å². The molecule has 2 fully saturated rings. The van der Waals surface area contributed by atoms with Crippen LogP contribution in [0.2, 0.25) is 0 Å². The lowest BCUT2D eigenvalue weighted by Crippen LogP contribution is -2.46. The lowest BCUT2D eigenvalue weighted by Gasteiger charge is -2.33. The van der Waals surface area contributed by atoms with Crippen LogP contribution in [0.25, 0.3) is 0 Å². The fraction of sp³-hybridized carbons (Fsp3) is 0.706. The molecule has 7 heteroatoms. The molecule has 0 spiro atoms. The van der Waals surface area contributed by atoms with E-state index in [2.05, 4.69) is 22.2 Å². The minimum absolute atomic E-state index is 0.150. The van der Waals surface area contributed by atoms with Crippen molar-refractivity contribution < 1.29 is 14.3 Å². The average Bonchev–Trinajstić information content (AvgIpc) is 3.16. The molecule has 132 valence electrons. The Morgan fingerprint density at radius 1 is 1.33 bits per heavy atom. The van der Waals surface area contributed by atoms with E-state index in [0.717, 1.165) is 45.2 Å². The Labute approximate surface area is 142 Å². The number of aromatic nitrogens is 2. The van der Waals surface area contributed by atoms with Crippen LogP contribution in [0, 0.1) is 0 Å². The van der Waals surface area contributed by atoms with Crippen LogP contribution in [0.1, 0.15) is 39.0 Å². The number of hydrogen-bond donors (Lipinski definition) is 1. The molecular weight excluding hydrogens is 308 g/mol. The van der Waals surface area contributed by atoms with Gasteiger partial charge in [0.15, 0.2) is 5.82 Å². The molecule has 1 aromatic heterocycles. The summed E-state index contributed by atoms with van der Waals surface area (Å²) in [5.41, 5.74) is 0. The molecule has 1 aromatic rings. The van der Waals surface area contributed by atoms with Gasteiger partial charge in [-0.2, -0.15) is 0 Å². The SMILES string of the molecule is CCCOc1nccnc1NC1CCN(C(=O)C2CCCO2)CC1. The molecule has 2 aliphatic rings. The number of ether oxygens (including phenoxy) is 2. The molecule has 0 saturated carbocycles. The highest BCUT2D eigenvalue weighted by molar-refractivity contribution is 5.81. The number of nitrogens with one attached hydrogen (secondary N) is 1. The van der Waals surface area contributed by atoms with Crippen molar-refractivity contribution in [3.8, 4) is 5.88 Å². The van der Waals surface area contributed by atoms with E-state index in [-0.39, 0.29) is 18.1 Å². The molecule has 1 N–H and O–H groups in total. The Morgan fingerprint density at radius 3 is 2.83 bits per heavy atom. The smallest absolute Gasteiger partial charge is 0.257 e. The number of amides is 1. The maximum absolute atomic E-state index is 12.4. The number of carbonyl (C=O) groups excluding carboxylic acids is 1. The topological polar surface area (TPSA) is 76.6 Å². The Kier molecular flexibility index (Phi) is 5.85. The quantitative estimate of drug-likeness (QED) is 0.855. The molecule has 1 unspecified atom stereocenters. The fourth-order valence-electron chi connectivity index (χ4n) is 3.14. The number of piperidine rings is 1. The molecule has 2 saturated heterocycles. The molecule has 24 heavy (non-hydrogen) atoms.